The van der Waals surface area contributed by atoms with Gasteiger partial charge in [-0.1, -0.05) is 47.7 Å². The number of nitrogen functional groups attached to an aromatic ring is 1. The molecule has 0 unspecified atom stereocenters. The summed E-state index contributed by atoms with van der Waals surface area (Å²) >= 11 is 1.24. The number of ether oxygens (including phenoxy) is 1. The maximum atomic E-state index is 11.9. The predicted molar refractivity (Wildman–Crippen MR) is 95.1 cm³/mol. The Hall–Kier alpha value is -3.26. The van der Waals surface area contributed by atoms with Gasteiger partial charge >= 0.3 is 5.97 Å². The highest BCUT2D eigenvalue weighted by atomic mass is 32.1. The van der Waals surface area contributed by atoms with Crippen molar-refractivity contribution < 1.29 is 14.3 Å². The smallest absolute Gasteiger partial charge is 0.338 e. The van der Waals surface area contributed by atoms with Crippen LogP contribution in [0.1, 0.15) is 10.4 Å². The largest absolute Gasteiger partial charge is 0.452 e. The highest BCUT2D eigenvalue weighted by molar-refractivity contribution is 7.18. The Balaban J connectivity index is 1.55. The van der Waals surface area contributed by atoms with Gasteiger partial charge in [-0.05, 0) is 18.2 Å². The number of carbonyl (C=O) groups is 2. The normalized spacial score (nSPS) is 10.2. The summed E-state index contributed by atoms with van der Waals surface area (Å²) in [5, 5.41) is 11.5. The number of hydrogen-bond acceptors (Lipinski definition) is 7. The fourth-order valence-corrected chi connectivity index (χ4v) is 2.77. The van der Waals surface area contributed by atoms with Crippen molar-refractivity contribution in [2.45, 2.75) is 0 Å². The first-order valence-corrected chi connectivity index (χ1v) is 8.15. The van der Waals surface area contributed by atoms with Crippen LogP contribution in [-0.4, -0.2) is 28.7 Å². The van der Waals surface area contributed by atoms with Gasteiger partial charge in [0.2, 0.25) is 5.13 Å². The third kappa shape index (κ3) is 4.39. The van der Waals surface area contributed by atoms with Crippen molar-refractivity contribution in [1.82, 2.24) is 10.2 Å². The van der Waals surface area contributed by atoms with Gasteiger partial charge in [-0.3, -0.25) is 10.1 Å². The Bertz CT molecular complexity index is 896. The van der Waals surface area contributed by atoms with E-state index in [0.29, 0.717) is 15.8 Å². The SMILES string of the molecule is Nc1cccc(C(=O)OCC(=O)Nc2nnc(-c3ccccc3)s2)c1. The number of nitrogens with zero attached hydrogens (tertiary/aromatic N) is 2. The molecule has 0 aliphatic heterocycles. The van der Waals surface area contributed by atoms with Crippen molar-refractivity contribution in [3.8, 4) is 10.6 Å². The summed E-state index contributed by atoms with van der Waals surface area (Å²) in [4.78, 5) is 23.7. The van der Waals surface area contributed by atoms with Crippen molar-refractivity contribution in [1.29, 1.82) is 0 Å². The Morgan fingerprint density at radius 2 is 1.88 bits per heavy atom. The van der Waals surface area contributed by atoms with Gasteiger partial charge in [-0.2, -0.15) is 0 Å². The van der Waals surface area contributed by atoms with Crippen LogP contribution >= 0.6 is 11.3 Å². The molecule has 1 heterocycles. The third-order valence-corrected chi connectivity index (χ3v) is 4.04. The molecule has 0 bridgehead atoms. The summed E-state index contributed by atoms with van der Waals surface area (Å²) in [6.07, 6.45) is 0. The molecule has 1 amide bonds. The highest BCUT2D eigenvalue weighted by Crippen LogP contribution is 2.25. The minimum Gasteiger partial charge on any atom is -0.452 e. The zero-order valence-electron chi connectivity index (χ0n) is 13.0. The molecule has 8 heteroatoms. The monoisotopic (exact) mass is 354 g/mol. The number of rotatable bonds is 5. The number of hydrogen-bond donors (Lipinski definition) is 2. The van der Waals surface area contributed by atoms with E-state index in [1.807, 2.05) is 30.3 Å². The minimum absolute atomic E-state index is 0.287. The molecular weight excluding hydrogens is 340 g/mol. The van der Waals surface area contributed by atoms with Crippen LogP contribution in [0, 0.1) is 0 Å². The summed E-state index contributed by atoms with van der Waals surface area (Å²) in [6.45, 7) is -0.423. The molecule has 0 spiro atoms. The quantitative estimate of drug-likeness (QED) is 0.539. The summed E-state index contributed by atoms with van der Waals surface area (Å²) < 4.78 is 4.96. The molecule has 0 saturated carbocycles. The lowest BCUT2D eigenvalue weighted by Crippen LogP contribution is -2.20. The first kappa shape index (κ1) is 16.6. The number of carbonyl (C=O) groups excluding carboxylic acids is 2. The number of esters is 1. The van der Waals surface area contributed by atoms with Crippen LogP contribution in [-0.2, 0) is 9.53 Å². The van der Waals surface area contributed by atoms with E-state index in [2.05, 4.69) is 15.5 Å². The molecule has 0 atom stereocenters. The van der Waals surface area contributed by atoms with Gasteiger partial charge in [0.1, 0.15) is 5.01 Å². The van der Waals surface area contributed by atoms with Gasteiger partial charge < -0.3 is 10.5 Å². The van der Waals surface area contributed by atoms with Gasteiger partial charge in [0.25, 0.3) is 5.91 Å². The molecule has 3 N–H and O–H groups in total. The lowest BCUT2D eigenvalue weighted by atomic mass is 10.2. The summed E-state index contributed by atoms with van der Waals surface area (Å²) in [5.41, 5.74) is 7.25. The second-order valence-corrected chi connectivity index (χ2v) is 6.01. The topological polar surface area (TPSA) is 107 Å². The lowest BCUT2D eigenvalue weighted by Gasteiger charge is -2.04. The summed E-state index contributed by atoms with van der Waals surface area (Å²) in [5.74, 6) is -1.11. The number of benzene rings is 2. The molecule has 0 radical (unpaired) electrons. The van der Waals surface area contributed by atoms with Gasteiger partial charge in [-0.25, -0.2) is 4.79 Å². The zero-order chi connectivity index (χ0) is 17.6. The predicted octanol–water partition coefficient (Wildman–Crippen LogP) is 2.58. The fourth-order valence-electron chi connectivity index (χ4n) is 2.01. The highest BCUT2D eigenvalue weighted by Gasteiger charge is 2.13. The molecule has 25 heavy (non-hydrogen) atoms. The first-order valence-electron chi connectivity index (χ1n) is 7.33. The number of amides is 1. The maximum Gasteiger partial charge on any atom is 0.338 e. The Labute approximate surface area is 147 Å². The second kappa shape index (κ2) is 7.54. The Morgan fingerprint density at radius 1 is 1.08 bits per heavy atom. The average Bonchev–Trinajstić information content (AvgIpc) is 3.09. The van der Waals surface area contributed by atoms with Gasteiger partial charge in [-0.15, -0.1) is 10.2 Å². The maximum absolute atomic E-state index is 11.9. The molecule has 126 valence electrons. The number of nitrogens with one attached hydrogen (secondary N) is 1. The molecule has 0 fully saturated rings. The van der Waals surface area contributed by atoms with E-state index in [4.69, 9.17) is 10.5 Å². The van der Waals surface area contributed by atoms with E-state index in [-0.39, 0.29) is 5.56 Å². The fraction of sp³-hybridized carbons (Fsp3) is 0.0588. The molecule has 0 aliphatic rings. The Kier molecular flexibility index (Phi) is 5.00. The van der Waals surface area contributed by atoms with E-state index >= 15 is 0 Å². The van der Waals surface area contributed by atoms with Crippen LogP contribution in [0.2, 0.25) is 0 Å². The molecular formula is C17H14N4O3S. The van der Waals surface area contributed by atoms with E-state index in [1.165, 1.54) is 17.4 Å². The standard InChI is InChI=1S/C17H14N4O3S/c18-13-8-4-7-12(9-13)16(23)24-10-14(22)19-17-21-20-15(25-17)11-5-2-1-3-6-11/h1-9H,10,18H2,(H,19,21,22). The van der Waals surface area contributed by atoms with E-state index in [0.717, 1.165) is 5.56 Å². The van der Waals surface area contributed by atoms with Crippen molar-refractivity contribution in [3.05, 3.63) is 60.2 Å². The zero-order valence-corrected chi connectivity index (χ0v) is 13.8. The van der Waals surface area contributed by atoms with Gasteiger partial charge in [0, 0.05) is 11.3 Å². The lowest BCUT2D eigenvalue weighted by molar-refractivity contribution is -0.119. The average molecular weight is 354 g/mol. The molecule has 2 aromatic carbocycles. The van der Waals surface area contributed by atoms with Crippen molar-refractivity contribution >= 4 is 34.0 Å². The van der Waals surface area contributed by atoms with Crippen LogP contribution in [0.4, 0.5) is 10.8 Å². The van der Waals surface area contributed by atoms with Crippen LogP contribution in [0.15, 0.2) is 54.6 Å². The molecule has 0 aliphatic carbocycles. The van der Waals surface area contributed by atoms with E-state index in [1.54, 1.807) is 18.2 Å². The Morgan fingerprint density at radius 3 is 2.64 bits per heavy atom. The first-order chi connectivity index (χ1) is 12.1. The van der Waals surface area contributed by atoms with Crippen molar-refractivity contribution in [3.63, 3.8) is 0 Å². The number of nitrogens with two attached hydrogens (primary N) is 1. The van der Waals surface area contributed by atoms with E-state index in [9.17, 15) is 9.59 Å². The summed E-state index contributed by atoms with van der Waals surface area (Å²) in [6, 6.07) is 15.8. The van der Waals surface area contributed by atoms with E-state index < -0.39 is 18.5 Å². The van der Waals surface area contributed by atoms with Gasteiger partial charge in [0.05, 0.1) is 5.56 Å². The van der Waals surface area contributed by atoms with Crippen molar-refractivity contribution in [2.24, 2.45) is 0 Å². The second-order valence-electron chi connectivity index (χ2n) is 5.03. The number of anilines is 2. The van der Waals surface area contributed by atoms with Gasteiger partial charge in [0.15, 0.2) is 6.61 Å². The molecule has 7 nitrogen and oxygen atoms in total. The molecule has 3 rings (SSSR count). The van der Waals surface area contributed by atoms with Crippen LogP contribution < -0.4 is 11.1 Å². The van der Waals surface area contributed by atoms with Crippen LogP contribution in [0.3, 0.4) is 0 Å². The molecule has 1 aromatic heterocycles. The third-order valence-electron chi connectivity index (χ3n) is 3.15. The number of aromatic nitrogens is 2. The molecule has 3 aromatic rings. The van der Waals surface area contributed by atoms with Crippen LogP contribution in [0.25, 0.3) is 10.6 Å². The minimum atomic E-state index is -0.621. The van der Waals surface area contributed by atoms with Crippen LogP contribution in [0.5, 0.6) is 0 Å². The van der Waals surface area contributed by atoms with Crippen molar-refractivity contribution in [2.75, 3.05) is 17.7 Å². The summed E-state index contributed by atoms with van der Waals surface area (Å²) in [7, 11) is 0. The molecule has 0 saturated heterocycles.